The van der Waals surface area contributed by atoms with Gasteiger partial charge in [-0.05, 0) is 43.7 Å². The Hall–Kier alpha value is -2.44. The molecule has 0 spiro atoms. The number of aromatic nitrogens is 3. The number of ether oxygens (including phenoxy) is 1. The lowest BCUT2D eigenvalue weighted by Gasteiger charge is -2.25. The molecule has 1 fully saturated rings. The molecule has 0 aliphatic carbocycles. The van der Waals surface area contributed by atoms with Gasteiger partial charge in [0, 0.05) is 12.7 Å². The van der Waals surface area contributed by atoms with Crippen molar-refractivity contribution in [2.24, 2.45) is 0 Å². The molecule has 1 aliphatic heterocycles. The number of nitrogens with zero attached hydrogens (tertiary/aromatic N) is 4. The predicted molar refractivity (Wildman–Crippen MR) is 94.5 cm³/mol. The van der Waals surface area contributed by atoms with E-state index in [1.807, 2.05) is 59.1 Å². The van der Waals surface area contributed by atoms with E-state index in [1.54, 1.807) is 0 Å². The van der Waals surface area contributed by atoms with Crippen molar-refractivity contribution in [2.45, 2.75) is 25.0 Å². The third kappa shape index (κ3) is 3.50. The average Bonchev–Trinajstić information content (AvgIpc) is 3.27. The zero-order valence-electron chi connectivity index (χ0n) is 14.0. The number of benzene rings is 1. The molecule has 0 amide bonds. The molecule has 1 saturated heterocycles. The molecule has 3 aromatic rings. The number of rotatable bonds is 6. The maximum Gasteiger partial charge on any atom is 0.160 e. The van der Waals surface area contributed by atoms with E-state index in [-0.39, 0.29) is 12.6 Å². The number of pyridine rings is 1. The van der Waals surface area contributed by atoms with E-state index in [0.717, 1.165) is 36.6 Å². The molecule has 0 saturated carbocycles. The van der Waals surface area contributed by atoms with E-state index < -0.39 is 6.10 Å². The summed E-state index contributed by atoms with van der Waals surface area (Å²) in [5, 5.41) is 19.0. The van der Waals surface area contributed by atoms with Crippen LogP contribution >= 0.6 is 0 Å². The third-order valence-corrected chi connectivity index (χ3v) is 4.63. The van der Waals surface area contributed by atoms with Gasteiger partial charge in [0.05, 0.1) is 6.04 Å². The zero-order chi connectivity index (χ0) is 17.1. The van der Waals surface area contributed by atoms with Crippen molar-refractivity contribution in [3.05, 3.63) is 60.6 Å². The molecule has 1 N–H and O–H groups in total. The first-order chi connectivity index (χ1) is 12.3. The summed E-state index contributed by atoms with van der Waals surface area (Å²) < 4.78 is 7.70. The molecule has 1 aliphatic rings. The van der Waals surface area contributed by atoms with E-state index >= 15 is 0 Å². The lowest BCUT2D eigenvalue weighted by atomic mass is 10.2. The Morgan fingerprint density at radius 2 is 1.96 bits per heavy atom. The van der Waals surface area contributed by atoms with Crippen LogP contribution in [0.15, 0.2) is 54.7 Å². The SMILES string of the molecule is O[C@@H](COc1ccccc1)CN1CCC[C@@H]1c1nnc2ccccn12. The van der Waals surface area contributed by atoms with E-state index in [0.29, 0.717) is 6.54 Å². The van der Waals surface area contributed by atoms with Crippen LogP contribution in [0.25, 0.3) is 5.65 Å². The summed E-state index contributed by atoms with van der Waals surface area (Å²) in [7, 11) is 0. The first-order valence-electron chi connectivity index (χ1n) is 8.71. The lowest BCUT2D eigenvalue weighted by Crippen LogP contribution is -2.35. The van der Waals surface area contributed by atoms with Gasteiger partial charge < -0.3 is 9.84 Å². The van der Waals surface area contributed by atoms with Crippen LogP contribution in [0.2, 0.25) is 0 Å². The molecule has 0 bridgehead atoms. The van der Waals surface area contributed by atoms with Crippen LogP contribution in [0, 0.1) is 0 Å². The number of hydrogen-bond acceptors (Lipinski definition) is 5. The molecule has 0 unspecified atom stereocenters. The van der Waals surface area contributed by atoms with Gasteiger partial charge in [0.1, 0.15) is 18.5 Å². The molecule has 6 heteroatoms. The van der Waals surface area contributed by atoms with Crippen LogP contribution in [0.4, 0.5) is 0 Å². The molecule has 2 atom stereocenters. The summed E-state index contributed by atoms with van der Waals surface area (Å²) in [6.07, 6.45) is 3.58. The average molecular weight is 338 g/mol. The second-order valence-corrected chi connectivity index (χ2v) is 6.42. The minimum absolute atomic E-state index is 0.184. The van der Waals surface area contributed by atoms with Gasteiger partial charge in [0.15, 0.2) is 11.5 Å². The monoisotopic (exact) mass is 338 g/mol. The molecule has 0 radical (unpaired) electrons. The summed E-state index contributed by atoms with van der Waals surface area (Å²) in [6, 6.07) is 15.7. The second kappa shape index (κ2) is 7.21. The molecule has 25 heavy (non-hydrogen) atoms. The van der Waals surface area contributed by atoms with E-state index in [1.165, 1.54) is 0 Å². The summed E-state index contributed by atoms with van der Waals surface area (Å²) >= 11 is 0. The summed E-state index contributed by atoms with van der Waals surface area (Å²) in [5.41, 5.74) is 0.859. The van der Waals surface area contributed by atoms with Gasteiger partial charge >= 0.3 is 0 Å². The Kier molecular flexibility index (Phi) is 4.63. The Labute approximate surface area is 146 Å². The molecule has 4 rings (SSSR count). The number of para-hydroxylation sites is 1. The van der Waals surface area contributed by atoms with Crippen molar-refractivity contribution in [3.8, 4) is 5.75 Å². The molecule has 130 valence electrons. The minimum atomic E-state index is -0.542. The van der Waals surface area contributed by atoms with Crippen LogP contribution in [-0.4, -0.2) is 50.4 Å². The van der Waals surface area contributed by atoms with Crippen molar-refractivity contribution in [3.63, 3.8) is 0 Å². The van der Waals surface area contributed by atoms with Crippen molar-refractivity contribution in [1.29, 1.82) is 0 Å². The molecule has 6 nitrogen and oxygen atoms in total. The van der Waals surface area contributed by atoms with Gasteiger partial charge in [-0.1, -0.05) is 24.3 Å². The van der Waals surface area contributed by atoms with Crippen molar-refractivity contribution in [1.82, 2.24) is 19.5 Å². The van der Waals surface area contributed by atoms with Gasteiger partial charge in [-0.25, -0.2) is 0 Å². The van der Waals surface area contributed by atoms with Crippen LogP contribution in [-0.2, 0) is 0 Å². The highest BCUT2D eigenvalue weighted by Gasteiger charge is 2.31. The molecule has 2 aromatic heterocycles. The van der Waals surface area contributed by atoms with Gasteiger partial charge in [-0.2, -0.15) is 0 Å². The maximum absolute atomic E-state index is 10.4. The summed E-state index contributed by atoms with van der Waals surface area (Å²) in [6.45, 7) is 1.81. The number of hydrogen-bond donors (Lipinski definition) is 1. The predicted octanol–water partition coefficient (Wildman–Crippen LogP) is 2.31. The van der Waals surface area contributed by atoms with E-state index in [2.05, 4.69) is 15.1 Å². The second-order valence-electron chi connectivity index (χ2n) is 6.42. The fourth-order valence-corrected chi connectivity index (χ4v) is 3.46. The molecule has 3 heterocycles. The highest BCUT2D eigenvalue weighted by molar-refractivity contribution is 5.37. The molecular formula is C19H22N4O2. The van der Waals surface area contributed by atoms with Gasteiger partial charge in [-0.15, -0.1) is 10.2 Å². The van der Waals surface area contributed by atoms with Crippen LogP contribution in [0.5, 0.6) is 5.75 Å². The van der Waals surface area contributed by atoms with E-state index in [4.69, 9.17) is 4.74 Å². The Morgan fingerprint density at radius 3 is 2.84 bits per heavy atom. The highest BCUT2D eigenvalue weighted by atomic mass is 16.5. The zero-order valence-corrected chi connectivity index (χ0v) is 14.0. The topological polar surface area (TPSA) is 62.9 Å². The summed E-state index contributed by atoms with van der Waals surface area (Å²) in [5.74, 6) is 1.73. The smallest absolute Gasteiger partial charge is 0.160 e. The number of likely N-dealkylation sites (tertiary alicyclic amines) is 1. The van der Waals surface area contributed by atoms with Crippen molar-refractivity contribution >= 4 is 5.65 Å². The Balaban J connectivity index is 1.41. The van der Waals surface area contributed by atoms with Crippen LogP contribution < -0.4 is 4.74 Å². The van der Waals surface area contributed by atoms with E-state index in [9.17, 15) is 5.11 Å². The largest absolute Gasteiger partial charge is 0.491 e. The number of β-amino-alcohol motifs (C(OH)–C–C–N with tert-alkyl or cyclic N) is 1. The quantitative estimate of drug-likeness (QED) is 0.747. The van der Waals surface area contributed by atoms with Gasteiger partial charge in [0.2, 0.25) is 0 Å². The Bertz CT molecular complexity index is 820. The van der Waals surface area contributed by atoms with Crippen LogP contribution in [0.1, 0.15) is 24.7 Å². The number of aliphatic hydroxyl groups excluding tert-OH is 1. The first-order valence-corrected chi connectivity index (χ1v) is 8.71. The fourth-order valence-electron chi connectivity index (χ4n) is 3.46. The Morgan fingerprint density at radius 1 is 1.12 bits per heavy atom. The number of fused-ring (bicyclic) bond motifs is 1. The molecular weight excluding hydrogens is 316 g/mol. The van der Waals surface area contributed by atoms with Crippen LogP contribution in [0.3, 0.4) is 0 Å². The summed E-state index contributed by atoms with van der Waals surface area (Å²) in [4.78, 5) is 2.28. The normalized spacial score (nSPS) is 19.3. The maximum atomic E-state index is 10.4. The van der Waals surface area contributed by atoms with Gasteiger partial charge in [0.25, 0.3) is 0 Å². The fraction of sp³-hybridized carbons (Fsp3) is 0.368. The van der Waals surface area contributed by atoms with Crippen molar-refractivity contribution < 1.29 is 9.84 Å². The standard InChI is InChI=1S/C19H22N4O2/c24-15(14-25-16-7-2-1-3-8-16)13-22-11-6-9-17(22)19-21-20-18-10-4-5-12-23(18)19/h1-5,7-8,10,12,15,17,24H,6,9,11,13-14H2/t15-,17-/m1/s1. The minimum Gasteiger partial charge on any atom is -0.491 e. The first kappa shape index (κ1) is 16.1. The van der Waals surface area contributed by atoms with Crippen molar-refractivity contribution in [2.75, 3.05) is 19.7 Å². The number of aliphatic hydroxyl groups is 1. The third-order valence-electron chi connectivity index (χ3n) is 4.63. The van der Waals surface area contributed by atoms with Gasteiger partial charge in [-0.3, -0.25) is 9.30 Å². The lowest BCUT2D eigenvalue weighted by molar-refractivity contribution is 0.0625. The molecule has 1 aromatic carbocycles. The highest BCUT2D eigenvalue weighted by Crippen LogP contribution is 2.31.